The molecule has 10 heteroatoms. The highest BCUT2D eigenvalue weighted by Gasteiger charge is 2.68. The third-order valence-electron chi connectivity index (χ3n) is 3.47. The van der Waals surface area contributed by atoms with E-state index in [0.29, 0.717) is 0 Å². The van der Waals surface area contributed by atoms with Crippen LogP contribution in [0.3, 0.4) is 0 Å². The molecule has 0 amide bonds. The monoisotopic (exact) mass is 458 g/mol. The van der Waals surface area contributed by atoms with Crippen LogP contribution in [0.5, 0.6) is 0 Å². The summed E-state index contributed by atoms with van der Waals surface area (Å²) in [7, 11) is -11.0. The largest absolute Gasteiger partial charge is 0.394 e. The summed E-state index contributed by atoms with van der Waals surface area (Å²) in [6.07, 6.45) is -1.01. The van der Waals surface area contributed by atoms with Gasteiger partial charge in [0.15, 0.2) is 8.32 Å². The first-order valence-corrected chi connectivity index (χ1v) is 16.3. The molecule has 168 valence electrons. The van der Waals surface area contributed by atoms with Gasteiger partial charge in [0.05, 0.1) is 18.8 Å². The number of hydrogen-bond acceptors (Lipinski definition) is 7. The van der Waals surface area contributed by atoms with Crippen LogP contribution in [0.1, 0.15) is 62.3 Å². The zero-order chi connectivity index (χ0) is 22.8. The second-order valence-electron chi connectivity index (χ2n) is 9.48. The third kappa shape index (κ3) is 6.60. The summed E-state index contributed by atoms with van der Waals surface area (Å²) < 4.78 is 51.7. The first-order chi connectivity index (χ1) is 12.3. The van der Waals surface area contributed by atoms with Crippen LogP contribution in [-0.2, 0) is 31.9 Å². The second-order valence-corrected chi connectivity index (χ2v) is 19.2. The zero-order valence-corrected chi connectivity index (χ0v) is 22.4. The summed E-state index contributed by atoms with van der Waals surface area (Å²) in [6.45, 7) is 20.3. The van der Waals surface area contributed by atoms with Crippen LogP contribution in [0.2, 0.25) is 19.6 Å². The Bertz CT molecular complexity index is 621. The molecule has 0 unspecified atom stereocenters. The molecule has 0 saturated carbocycles. The lowest BCUT2D eigenvalue weighted by Gasteiger charge is -2.45. The van der Waals surface area contributed by atoms with Crippen molar-refractivity contribution in [3.05, 3.63) is 0 Å². The standard InChI is InChI=1S/C18H40O7P2Si/c1-13-22-26(20,16(19)17(6,7)8)18(9,25-28(10,11)12)27(21,23-14(2)3)24-15(4)5/h14-15H,13H2,1-12H3/t18-,26+/m1/s1. The lowest BCUT2D eigenvalue weighted by molar-refractivity contribution is -0.119. The fourth-order valence-corrected chi connectivity index (χ4v) is 11.9. The summed E-state index contributed by atoms with van der Waals surface area (Å²) in [5, 5.41) is -2.06. The van der Waals surface area contributed by atoms with E-state index in [9.17, 15) is 13.9 Å². The average molecular weight is 459 g/mol. The van der Waals surface area contributed by atoms with Crippen molar-refractivity contribution in [3.63, 3.8) is 0 Å². The quantitative estimate of drug-likeness (QED) is 0.260. The average Bonchev–Trinajstić information content (AvgIpc) is 2.41. The molecule has 0 aromatic rings. The molecule has 0 aliphatic rings. The van der Waals surface area contributed by atoms with Gasteiger partial charge in [-0.25, -0.2) is 0 Å². The van der Waals surface area contributed by atoms with Gasteiger partial charge in [-0.1, -0.05) is 20.8 Å². The Morgan fingerprint density at radius 3 is 1.57 bits per heavy atom. The Hall–Kier alpha value is 0.187. The summed E-state index contributed by atoms with van der Waals surface area (Å²) in [5.41, 5.74) is -1.66. The Morgan fingerprint density at radius 1 is 0.929 bits per heavy atom. The van der Waals surface area contributed by atoms with Crippen LogP contribution < -0.4 is 0 Å². The molecular formula is C18H40O7P2Si. The van der Waals surface area contributed by atoms with Gasteiger partial charge >= 0.3 is 15.0 Å². The summed E-state index contributed by atoms with van der Waals surface area (Å²) in [6, 6.07) is 0. The van der Waals surface area contributed by atoms with E-state index in [1.54, 1.807) is 55.4 Å². The highest BCUT2D eigenvalue weighted by atomic mass is 31.2. The maximum atomic E-state index is 14.3. The first kappa shape index (κ1) is 28.2. The summed E-state index contributed by atoms with van der Waals surface area (Å²) in [5.74, 6) is 0. The molecule has 7 nitrogen and oxygen atoms in total. The van der Waals surface area contributed by atoms with E-state index in [0.717, 1.165) is 0 Å². The lowest BCUT2D eigenvalue weighted by Crippen LogP contribution is -2.45. The Kier molecular flexibility index (Phi) is 9.61. The Labute approximate surface area is 172 Å². The predicted molar refractivity (Wildman–Crippen MR) is 117 cm³/mol. The third-order valence-corrected chi connectivity index (χ3v) is 11.9. The molecule has 28 heavy (non-hydrogen) atoms. The van der Waals surface area contributed by atoms with Gasteiger partial charge in [0.25, 0.3) is 0 Å². The van der Waals surface area contributed by atoms with Crippen LogP contribution >= 0.6 is 15.0 Å². The number of carbonyl (C=O) groups is 1. The van der Waals surface area contributed by atoms with E-state index >= 15 is 0 Å². The van der Waals surface area contributed by atoms with E-state index in [2.05, 4.69) is 0 Å². The van der Waals surface area contributed by atoms with E-state index in [1.807, 2.05) is 19.6 Å². The first-order valence-electron chi connectivity index (χ1n) is 9.72. The van der Waals surface area contributed by atoms with E-state index in [4.69, 9.17) is 18.0 Å². The minimum absolute atomic E-state index is 0.00684. The minimum atomic E-state index is -4.32. The van der Waals surface area contributed by atoms with E-state index in [1.165, 1.54) is 6.92 Å². The van der Waals surface area contributed by atoms with Crippen molar-refractivity contribution in [3.8, 4) is 0 Å². The topological polar surface area (TPSA) is 88.1 Å². The van der Waals surface area contributed by atoms with Gasteiger partial charge in [-0.3, -0.25) is 13.9 Å². The molecule has 0 bridgehead atoms. The molecule has 0 N–H and O–H groups in total. The fraction of sp³-hybridized carbons (Fsp3) is 0.944. The number of rotatable bonds is 11. The molecule has 0 radical (unpaired) electrons. The predicted octanol–water partition coefficient (Wildman–Crippen LogP) is 6.44. The van der Waals surface area contributed by atoms with Crippen molar-refractivity contribution < 1.29 is 31.9 Å². The summed E-state index contributed by atoms with van der Waals surface area (Å²) in [4.78, 5) is 13.3. The summed E-state index contributed by atoms with van der Waals surface area (Å²) >= 11 is 0. The highest BCUT2D eigenvalue weighted by Crippen LogP contribution is 2.80. The SMILES string of the molecule is CCO[P@@](=O)(C(=O)C(C)(C)C)[C@@](C)(O[Si](C)(C)C)P(=O)(OC(C)C)OC(C)C. The maximum absolute atomic E-state index is 14.3. The van der Waals surface area contributed by atoms with Crippen LogP contribution in [0, 0.1) is 5.41 Å². The fourth-order valence-electron chi connectivity index (χ4n) is 2.62. The molecule has 0 rings (SSSR count). The lowest BCUT2D eigenvalue weighted by atomic mass is 9.99. The van der Waals surface area contributed by atoms with Crippen LogP contribution in [0.15, 0.2) is 0 Å². The molecular weight excluding hydrogens is 418 g/mol. The van der Waals surface area contributed by atoms with Crippen molar-refractivity contribution in [1.29, 1.82) is 0 Å². The van der Waals surface area contributed by atoms with Crippen molar-refractivity contribution in [2.75, 3.05) is 6.61 Å². The number of carbonyl (C=O) groups excluding carboxylic acids is 1. The van der Waals surface area contributed by atoms with Gasteiger partial charge in [-0.05, 0) is 61.2 Å². The van der Waals surface area contributed by atoms with Crippen LogP contribution in [0.25, 0.3) is 0 Å². The van der Waals surface area contributed by atoms with E-state index < -0.39 is 51.5 Å². The van der Waals surface area contributed by atoms with Gasteiger partial charge < -0.3 is 18.0 Å². The maximum Gasteiger partial charge on any atom is 0.371 e. The molecule has 0 fully saturated rings. The zero-order valence-electron chi connectivity index (χ0n) is 19.6. The van der Waals surface area contributed by atoms with Crippen LogP contribution in [-0.4, -0.2) is 37.7 Å². The molecule has 0 aromatic heterocycles. The molecule has 0 saturated heterocycles. The van der Waals surface area contributed by atoms with Crippen molar-refractivity contribution in [2.24, 2.45) is 5.41 Å². The minimum Gasteiger partial charge on any atom is -0.394 e. The van der Waals surface area contributed by atoms with Gasteiger partial charge in [0, 0.05) is 5.41 Å². The van der Waals surface area contributed by atoms with E-state index in [-0.39, 0.29) is 6.61 Å². The smallest absolute Gasteiger partial charge is 0.371 e. The van der Waals surface area contributed by atoms with Crippen LogP contribution in [0.4, 0.5) is 0 Å². The van der Waals surface area contributed by atoms with Gasteiger partial charge in [-0.2, -0.15) is 0 Å². The molecule has 0 heterocycles. The van der Waals surface area contributed by atoms with Gasteiger partial charge in [0.1, 0.15) is 0 Å². The van der Waals surface area contributed by atoms with Crippen molar-refractivity contribution in [1.82, 2.24) is 0 Å². The van der Waals surface area contributed by atoms with Gasteiger partial charge in [-0.15, -0.1) is 0 Å². The molecule has 0 aliphatic carbocycles. The molecule has 0 aromatic carbocycles. The highest BCUT2D eigenvalue weighted by molar-refractivity contribution is 7.86. The Morgan fingerprint density at radius 2 is 1.32 bits per heavy atom. The van der Waals surface area contributed by atoms with Crippen molar-refractivity contribution in [2.45, 2.75) is 99.2 Å². The van der Waals surface area contributed by atoms with Gasteiger partial charge in [0.2, 0.25) is 10.6 Å². The Balaban J connectivity index is 7.03. The molecule has 2 atom stereocenters. The number of hydrogen-bond donors (Lipinski definition) is 0. The molecule has 0 spiro atoms. The normalized spacial score (nSPS) is 18.2. The van der Waals surface area contributed by atoms with Crippen molar-refractivity contribution >= 4 is 28.8 Å². The second kappa shape index (κ2) is 9.55. The molecule has 0 aliphatic heterocycles.